The molecule has 0 radical (unpaired) electrons. The monoisotopic (exact) mass is 528 g/mol. The summed E-state index contributed by atoms with van der Waals surface area (Å²) in [6, 6.07) is 24.5. The van der Waals surface area contributed by atoms with Gasteiger partial charge in [0.05, 0.1) is 27.9 Å². The van der Waals surface area contributed by atoms with E-state index in [1.54, 1.807) is 7.11 Å². The van der Waals surface area contributed by atoms with Gasteiger partial charge in [-0.2, -0.15) is 0 Å². The Bertz CT molecular complexity index is 1630. The molecule has 0 saturated heterocycles. The van der Waals surface area contributed by atoms with Gasteiger partial charge in [0.15, 0.2) is 4.80 Å². The van der Waals surface area contributed by atoms with Crippen LogP contribution in [-0.2, 0) is 6.42 Å². The Kier molecular flexibility index (Phi) is 5.35. The van der Waals surface area contributed by atoms with Gasteiger partial charge in [-0.05, 0) is 69.2 Å². The van der Waals surface area contributed by atoms with E-state index >= 15 is 0 Å². The molecule has 0 unspecified atom stereocenters. The molecule has 1 aliphatic heterocycles. The van der Waals surface area contributed by atoms with Crippen molar-refractivity contribution in [2.24, 2.45) is 4.99 Å². The van der Waals surface area contributed by atoms with Crippen molar-refractivity contribution < 1.29 is 4.74 Å². The summed E-state index contributed by atoms with van der Waals surface area (Å²) < 4.78 is 8.75. The molecule has 0 amide bonds. The Morgan fingerprint density at radius 2 is 1.85 bits per heavy atom. The van der Waals surface area contributed by atoms with Crippen molar-refractivity contribution in [1.29, 1.82) is 0 Å². The average molecular weight is 529 g/mol. The second-order valence-electron chi connectivity index (χ2n) is 8.42. The van der Waals surface area contributed by atoms with Gasteiger partial charge >= 0.3 is 0 Å². The molecular formula is C28H21BrN2O2S. The van der Waals surface area contributed by atoms with Crippen LogP contribution in [0.2, 0.25) is 0 Å². The zero-order chi connectivity index (χ0) is 23.2. The van der Waals surface area contributed by atoms with Crippen LogP contribution in [0.25, 0.3) is 11.8 Å². The lowest BCUT2D eigenvalue weighted by Gasteiger charge is -2.30. The van der Waals surface area contributed by atoms with Crippen molar-refractivity contribution in [1.82, 2.24) is 4.57 Å². The third-order valence-corrected chi connectivity index (χ3v) is 8.06. The van der Waals surface area contributed by atoms with E-state index in [0.717, 1.165) is 44.7 Å². The van der Waals surface area contributed by atoms with Gasteiger partial charge in [-0.25, -0.2) is 4.99 Å². The standard InChI is InChI=1S/C28H21BrN2O2S/c1-33-23-14-11-17(15-22(23)29)16-24-27(32)31-26(19-8-3-2-4-9-19)21-13-12-18-7-5-6-10-20(18)25(21)30-28(31)34-24/h2-11,14-16,26H,12-13H2,1H3/b24-16-/t26-/m0/s1. The molecular weight excluding hydrogens is 508 g/mol. The molecule has 168 valence electrons. The third kappa shape index (κ3) is 3.49. The lowest BCUT2D eigenvalue weighted by molar-refractivity contribution is 0.412. The summed E-state index contributed by atoms with van der Waals surface area (Å²) in [6.07, 6.45) is 3.79. The highest BCUT2D eigenvalue weighted by Gasteiger charge is 2.32. The first-order valence-corrected chi connectivity index (χ1v) is 12.8. The fourth-order valence-corrected chi connectivity index (χ4v) is 6.44. The highest BCUT2D eigenvalue weighted by atomic mass is 79.9. The highest BCUT2D eigenvalue weighted by Crippen LogP contribution is 2.41. The molecule has 4 nitrogen and oxygen atoms in total. The number of methoxy groups -OCH3 is 1. The molecule has 0 spiro atoms. The first-order chi connectivity index (χ1) is 16.6. The quantitative estimate of drug-likeness (QED) is 0.371. The van der Waals surface area contributed by atoms with E-state index < -0.39 is 0 Å². The zero-order valence-corrected chi connectivity index (χ0v) is 20.9. The fourth-order valence-electron chi connectivity index (χ4n) is 4.88. The molecule has 4 aromatic rings. The predicted molar refractivity (Wildman–Crippen MR) is 140 cm³/mol. The SMILES string of the molecule is COc1ccc(/C=c2\sc3n(c2=O)[C@@H](c2ccccc2)C2=C(N=3)c3ccccc3CC2)cc1Br. The van der Waals surface area contributed by atoms with Gasteiger partial charge in [0, 0.05) is 5.56 Å². The normalized spacial score (nSPS) is 17.0. The van der Waals surface area contributed by atoms with Gasteiger partial charge < -0.3 is 4.74 Å². The molecule has 3 aromatic carbocycles. The smallest absolute Gasteiger partial charge is 0.271 e. The number of hydrogen-bond donors (Lipinski definition) is 0. The molecule has 1 aliphatic carbocycles. The molecule has 0 saturated carbocycles. The van der Waals surface area contributed by atoms with Crippen molar-refractivity contribution in [3.8, 4) is 5.75 Å². The van der Waals surface area contributed by atoms with E-state index in [1.807, 2.05) is 47.0 Å². The summed E-state index contributed by atoms with van der Waals surface area (Å²) in [7, 11) is 1.64. The predicted octanol–water partition coefficient (Wildman–Crippen LogP) is 5.09. The molecule has 34 heavy (non-hydrogen) atoms. The molecule has 6 heteroatoms. The molecule has 1 aromatic heterocycles. The first kappa shape index (κ1) is 21.3. The Balaban J connectivity index is 1.59. The van der Waals surface area contributed by atoms with Gasteiger partial charge in [-0.1, -0.05) is 72.0 Å². The maximum absolute atomic E-state index is 13.8. The van der Waals surface area contributed by atoms with Gasteiger partial charge in [0.25, 0.3) is 5.56 Å². The number of fused-ring (bicyclic) bond motifs is 3. The average Bonchev–Trinajstić information content (AvgIpc) is 3.17. The van der Waals surface area contributed by atoms with E-state index in [-0.39, 0.29) is 11.6 Å². The highest BCUT2D eigenvalue weighted by molar-refractivity contribution is 9.10. The Labute approximate surface area is 209 Å². The first-order valence-electron chi connectivity index (χ1n) is 11.2. The lowest BCUT2D eigenvalue weighted by Crippen LogP contribution is -2.38. The van der Waals surface area contributed by atoms with Crippen molar-refractivity contribution in [2.75, 3.05) is 7.11 Å². The van der Waals surface area contributed by atoms with Crippen molar-refractivity contribution in [3.05, 3.63) is 125 Å². The number of halogens is 1. The lowest BCUT2D eigenvalue weighted by atomic mass is 9.83. The van der Waals surface area contributed by atoms with Crippen LogP contribution in [0.3, 0.4) is 0 Å². The van der Waals surface area contributed by atoms with E-state index in [0.29, 0.717) is 4.53 Å². The van der Waals surface area contributed by atoms with Gasteiger partial charge in [0.1, 0.15) is 5.75 Å². The minimum Gasteiger partial charge on any atom is -0.496 e. The fraction of sp³-hybridized carbons (Fsp3) is 0.143. The molecule has 2 aliphatic rings. The number of aryl methyl sites for hydroxylation is 1. The van der Waals surface area contributed by atoms with E-state index in [2.05, 4.69) is 52.3 Å². The Morgan fingerprint density at radius 1 is 1.06 bits per heavy atom. The second kappa shape index (κ2) is 8.53. The number of aromatic nitrogens is 1. The number of ether oxygens (including phenoxy) is 1. The molecule has 2 heterocycles. The maximum Gasteiger partial charge on any atom is 0.271 e. The summed E-state index contributed by atoms with van der Waals surface area (Å²) in [5, 5.41) is 0. The number of rotatable bonds is 3. The molecule has 0 fully saturated rings. The second-order valence-corrected chi connectivity index (χ2v) is 10.3. The Hall–Kier alpha value is -3.22. The van der Waals surface area contributed by atoms with Crippen LogP contribution in [0, 0.1) is 0 Å². The van der Waals surface area contributed by atoms with Crippen molar-refractivity contribution in [2.45, 2.75) is 18.9 Å². The van der Waals surface area contributed by atoms with E-state index in [1.165, 1.54) is 28.0 Å². The molecule has 0 N–H and O–H groups in total. The van der Waals surface area contributed by atoms with Crippen molar-refractivity contribution in [3.63, 3.8) is 0 Å². The van der Waals surface area contributed by atoms with Gasteiger partial charge in [-0.3, -0.25) is 9.36 Å². The van der Waals surface area contributed by atoms with Gasteiger partial charge in [-0.15, -0.1) is 0 Å². The van der Waals surface area contributed by atoms with E-state index in [9.17, 15) is 4.79 Å². The maximum atomic E-state index is 13.8. The van der Waals surface area contributed by atoms with Crippen LogP contribution < -0.4 is 19.6 Å². The molecule has 0 bridgehead atoms. The number of thiazole rings is 1. The van der Waals surface area contributed by atoms with Crippen LogP contribution >= 0.6 is 27.3 Å². The van der Waals surface area contributed by atoms with Gasteiger partial charge in [0.2, 0.25) is 0 Å². The minimum absolute atomic E-state index is 0.00467. The van der Waals surface area contributed by atoms with Crippen LogP contribution in [0.15, 0.2) is 92.6 Å². The Morgan fingerprint density at radius 3 is 2.65 bits per heavy atom. The number of allylic oxidation sites excluding steroid dienone is 1. The number of hydrogen-bond acceptors (Lipinski definition) is 4. The van der Waals surface area contributed by atoms with Crippen LogP contribution in [0.4, 0.5) is 0 Å². The third-order valence-electron chi connectivity index (χ3n) is 6.46. The van der Waals surface area contributed by atoms with Crippen LogP contribution in [-0.4, -0.2) is 11.7 Å². The minimum atomic E-state index is -0.148. The summed E-state index contributed by atoms with van der Waals surface area (Å²) in [5.41, 5.74) is 6.79. The summed E-state index contributed by atoms with van der Waals surface area (Å²) in [4.78, 5) is 19.6. The largest absolute Gasteiger partial charge is 0.496 e. The summed E-state index contributed by atoms with van der Waals surface area (Å²) in [5.74, 6) is 0.758. The topological polar surface area (TPSA) is 43.6 Å². The van der Waals surface area contributed by atoms with E-state index in [4.69, 9.17) is 9.73 Å². The van der Waals surface area contributed by atoms with Crippen LogP contribution in [0.1, 0.15) is 34.7 Å². The van der Waals surface area contributed by atoms with Crippen molar-refractivity contribution >= 4 is 39.0 Å². The molecule has 1 atom stereocenters. The zero-order valence-electron chi connectivity index (χ0n) is 18.5. The summed E-state index contributed by atoms with van der Waals surface area (Å²) in [6.45, 7) is 0. The molecule has 6 rings (SSSR count). The van der Waals surface area contributed by atoms with Crippen LogP contribution in [0.5, 0.6) is 5.75 Å². The number of benzene rings is 3. The number of nitrogens with zero attached hydrogens (tertiary/aromatic N) is 2. The summed E-state index contributed by atoms with van der Waals surface area (Å²) >= 11 is 4.99.